The van der Waals surface area contributed by atoms with Crippen LogP contribution in [0.2, 0.25) is 0 Å². The average molecular weight is 407 g/mol. The van der Waals surface area contributed by atoms with E-state index in [1.54, 1.807) is 0 Å². The van der Waals surface area contributed by atoms with Crippen LogP contribution in [-0.2, 0) is 14.9 Å². The van der Waals surface area contributed by atoms with Crippen LogP contribution in [0.5, 0.6) is 0 Å². The van der Waals surface area contributed by atoms with Gasteiger partial charge in [-0.15, -0.1) is 0 Å². The van der Waals surface area contributed by atoms with Crippen molar-refractivity contribution in [2.45, 2.75) is 30.2 Å². The van der Waals surface area contributed by atoms with Crippen LogP contribution >= 0.6 is 0 Å². The summed E-state index contributed by atoms with van der Waals surface area (Å²) in [7, 11) is -3.92. The number of amidine groups is 1. The summed E-state index contributed by atoms with van der Waals surface area (Å²) in [5.74, 6) is -1.55. The van der Waals surface area contributed by atoms with Crippen molar-refractivity contribution in [2.24, 2.45) is 10.9 Å². The number of carbonyl (C=O) groups excluding carboxylic acids is 1. The number of piperidine rings is 1. The van der Waals surface area contributed by atoms with E-state index < -0.39 is 27.9 Å². The Morgan fingerprint density at radius 1 is 1.25 bits per heavy atom. The van der Waals surface area contributed by atoms with Crippen molar-refractivity contribution < 1.29 is 22.4 Å². The fourth-order valence-corrected chi connectivity index (χ4v) is 4.51. The molecule has 1 aromatic heterocycles. The van der Waals surface area contributed by atoms with E-state index in [-0.39, 0.29) is 23.0 Å². The summed E-state index contributed by atoms with van der Waals surface area (Å²) < 4.78 is 40.2. The Bertz CT molecular complexity index is 967. The smallest absolute Gasteiger partial charge is 0.383 e. The van der Waals surface area contributed by atoms with Gasteiger partial charge in [-0.2, -0.15) is 4.31 Å². The second-order valence-electron chi connectivity index (χ2n) is 6.07. The molecular weight excluding hydrogens is 389 g/mol. The van der Waals surface area contributed by atoms with Gasteiger partial charge in [0.1, 0.15) is 5.82 Å². The van der Waals surface area contributed by atoms with Crippen molar-refractivity contribution >= 4 is 21.8 Å². The Hall–Kier alpha value is -2.92. The zero-order valence-corrected chi connectivity index (χ0v) is 15.5. The lowest BCUT2D eigenvalue weighted by Gasteiger charge is -2.33. The molecule has 1 aromatic carbocycles. The minimum Gasteiger partial charge on any atom is -0.383 e. The quantitative estimate of drug-likeness (QED) is 0.342. The van der Waals surface area contributed by atoms with Gasteiger partial charge in [-0.1, -0.05) is 11.6 Å². The van der Waals surface area contributed by atoms with Crippen molar-refractivity contribution in [1.82, 2.24) is 14.3 Å². The van der Waals surface area contributed by atoms with Gasteiger partial charge in [-0.3, -0.25) is 4.98 Å². The second-order valence-corrected chi connectivity index (χ2v) is 7.96. The highest BCUT2D eigenvalue weighted by Crippen LogP contribution is 2.25. The minimum absolute atomic E-state index is 0.0508. The number of sulfonamides is 1. The first-order chi connectivity index (χ1) is 13.4. The summed E-state index contributed by atoms with van der Waals surface area (Å²) in [6.07, 6.45) is 5.72. The van der Waals surface area contributed by atoms with E-state index in [1.165, 1.54) is 35.0 Å². The topological polar surface area (TPSA) is 128 Å². The molecule has 0 saturated carbocycles. The highest BCUT2D eigenvalue weighted by molar-refractivity contribution is 7.89. The Balaban J connectivity index is 1.80. The number of hydrogen-bond acceptors (Lipinski definition) is 7. The van der Waals surface area contributed by atoms with Crippen LogP contribution < -0.4 is 5.73 Å². The van der Waals surface area contributed by atoms with Crippen LogP contribution in [-0.4, -0.2) is 47.1 Å². The lowest BCUT2D eigenvalue weighted by atomic mass is 10.0. The van der Waals surface area contributed by atoms with Gasteiger partial charge in [0.15, 0.2) is 11.5 Å². The van der Waals surface area contributed by atoms with E-state index in [4.69, 9.17) is 10.6 Å². The number of nitrogens with two attached hydrogens (primary N) is 1. The molecule has 0 radical (unpaired) electrons. The van der Waals surface area contributed by atoms with E-state index in [2.05, 4.69) is 15.1 Å². The molecule has 2 aromatic rings. The number of aromatic nitrogens is 2. The van der Waals surface area contributed by atoms with E-state index in [0.717, 1.165) is 18.6 Å². The summed E-state index contributed by atoms with van der Waals surface area (Å²) in [5, 5.41) is 3.61. The zero-order valence-electron chi connectivity index (χ0n) is 14.7. The first-order valence-electron chi connectivity index (χ1n) is 8.48. The fraction of sp³-hybridized carbons (Fsp3) is 0.294. The van der Waals surface area contributed by atoms with Crippen molar-refractivity contribution in [3.05, 3.63) is 54.4 Å². The molecule has 0 unspecified atom stereocenters. The number of carbonyl (C=O) groups is 1. The molecule has 2 N–H and O–H groups in total. The van der Waals surface area contributed by atoms with Crippen LogP contribution in [0, 0.1) is 5.82 Å². The highest BCUT2D eigenvalue weighted by atomic mass is 32.2. The van der Waals surface area contributed by atoms with Crippen LogP contribution in [0.3, 0.4) is 0 Å². The summed E-state index contributed by atoms with van der Waals surface area (Å²) in [4.78, 5) is 24.2. The molecule has 9 nitrogen and oxygen atoms in total. The van der Waals surface area contributed by atoms with E-state index in [0.29, 0.717) is 12.8 Å². The molecule has 148 valence electrons. The van der Waals surface area contributed by atoms with E-state index in [9.17, 15) is 17.6 Å². The fourth-order valence-electron chi connectivity index (χ4n) is 2.84. The summed E-state index contributed by atoms with van der Waals surface area (Å²) >= 11 is 0. The lowest BCUT2D eigenvalue weighted by Crippen LogP contribution is -2.50. The maximum absolute atomic E-state index is 13.1. The van der Waals surface area contributed by atoms with Crippen molar-refractivity contribution in [2.75, 3.05) is 6.54 Å². The number of oxime groups is 1. The second kappa shape index (κ2) is 8.40. The molecule has 1 aliphatic heterocycles. The maximum Gasteiger partial charge on any atom is 0.385 e. The van der Waals surface area contributed by atoms with Crippen LogP contribution in [0.4, 0.5) is 4.39 Å². The molecule has 1 fully saturated rings. The normalized spacial score (nSPS) is 18.6. The largest absolute Gasteiger partial charge is 0.385 e. The third-order valence-corrected chi connectivity index (χ3v) is 6.14. The number of benzene rings is 1. The standard InChI is InChI=1S/C17H18FN5O4S/c18-12-4-6-13(7-5-12)28(25,26)23-10-2-1-3-15(23)16(19)22-27-17(24)14-11-20-8-9-21-14/h4-9,11,15H,1-3,10H2,(H2,19,22)/t15-/m0/s1. The van der Waals surface area contributed by atoms with Gasteiger partial charge in [0, 0.05) is 18.9 Å². The molecule has 0 aliphatic carbocycles. The van der Waals surface area contributed by atoms with Gasteiger partial charge >= 0.3 is 5.97 Å². The van der Waals surface area contributed by atoms with Crippen molar-refractivity contribution in [3.8, 4) is 0 Å². The molecule has 1 aliphatic rings. The third-order valence-electron chi connectivity index (χ3n) is 4.22. The monoisotopic (exact) mass is 407 g/mol. The van der Waals surface area contributed by atoms with Gasteiger partial charge in [-0.05, 0) is 37.1 Å². The Labute approximate surface area is 161 Å². The molecule has 11 heteroatoms. The summed E-state index contributed by atoms with van der Waals surface area (Å²) in [5.41, 5.74) is 5.88. The van der Waals surface area contributed by atoms with E-state index >= 15 is 0 Å². The van der Waals surface area contributed by atoms with Gasteiger partial charge in [0.2, 0.25) is 10.0 Å². The molecule has 2 heterocycles. The molecule has 0 spiro atoms. The zero-order chi connectivity index (χ0) is 20.1. The summed E-state index contributed by atoms with van der Waals surface area (Å²) in [6, 6.07) is 3.76. The van der Waals surface area contributed by atoms with Crippen LogP contribution in [0.1, 0.15) is 29.8 Å². The predicted molar refractivity (Wildman–Crippen MR) is 97.0 cm³/mol. The van der Waals surface area contributed by atoms with Gasteiger partial charge in [0.05, 0.1) is 17.1 Å². The first kappa shape index (κ1) is 19.8. The predicted octanol–water partition coefficient (Wildman–Crippen LogP) is 1.29. The third kappa shape index (κ3) is 4.31. The molecule has 0 bridgehead atoms. The Morgan fingerprint density at radius 3 is 2.68 bits per heavy atom. The molecular formula is C17H18FN5O4S. The SMILES string of the molecule is NC(=NOC(=O)c1cnccn1)[C@@H]1CCCCN1S(=O)(=O)c1ccc(F)cc1. The minimum atomic E-state index is -3.92. The van der Waals surface area contributed by atoms with Crippen molar-refractivity contribution in [3.63, 3.8) is 0 Å². The van der Waals surface area contributed by atoms with Crippen LogP contribution in [0.15, 0.2) is 52.9 Å². The van der Waals surface area contributed by atoms with Gasteiger partial charge < -0.3 is 10.6 Å². The average Bonchev–Trinajstić information content (AvgIpc) is 2.72. The number of nitrogens with zero attached hydrogens (tertiary/aromatic N) is 4. The van der Waals surface area contributed by atoms with Gasteiger partial charge in [-0.25, -0.2) is 22.6 Å². The number of rotatable bonds is 5. The number of halogens is 1. The van der Waals surface area contributed by atoms with E-state index in [1.807, 2.05) is 0 Å². The molecule has 0 amide bonds. The Morgan fingerprint density at radius 2 is 2.00 bits per heavy atom. The highest BCUT2D eigenvalue weighted by Gasteiger charge is 2.36. The molecule has 28 heavy (non-hydrogen) atoms. The first-order valence-corrected chi connectivity index (χ1v) is 9.92. The number of hydrogen-bond donors (Lipinski definition) is 1. The summed E-state index contributed by atoms with van der Waals surface area (Å²) in [6.45, 7) is 0.221. The molecule has 3 rings (SSSR count). The molecule has 1 atom stereocenters. The van der Waals surface area contributed by atoms with Crippen molar-refractivity contribution in [1.29, 1.82) is 0 Å². The molecule has 1 saturated heterocycles. The maximum atomic E-state index is 13.1. The Kier molecular flexibility index (Phi) is 5.95. The van der Waals surface area contributed by atoms with Crippen LogP contribution in [0.25, 0.3) is 0 Å². The lowest BCUT2D eigenvalue weighted by molar-refractivity contribution is 0.0504. The van der Waals surface area contributed by atoms with Gasteiger partial charge in [0.25, 0.3) is 0 Å².